The van der Waals surface area contributed by atoms with E-state index in [2.05, 4.69) is 4.98 Å². The maximum Gasteiger partial charge on any atom is 0.141 e. The van der Waals surface area contributed by atoms with Crippen molar-refractivity contribution in [2.45, 2.75) is 0 Å². The van der Waals surface area contributed by atoms with Gasteiger partial charge in [-0.2, -0.15) is 5.26 Å². The third-order valence-corrected chi connectivity index (χ3v) is 1.16. The Balaban J connectivity index is 3.13. The fourth-order valence-corrected chi connectivity index (χ4v) is 0.647. The van der Waals surface area contributed by atoms with Crippen molar-refractivity contribution in [1.29, 1.82) is 10.7 Å². The summed E-state index contributed by atoms with van der Waals surface area (Å²) >= 11 is 0. The first-order chi connectivity index (χ1) is 5.24. The number of nitriles is 1. The zero-order valence-corrected chi connectivity index (χ0v) is 5.70. The van der Waals surface area contributed by atoms with E-state index in [4.69, 9.17) is 16.4 Å². The van der Waals surface area contributed by atoms with Gasteiger partial charge in [-0.25, -0.2) is 0 Å². The molecule has 1 rings (SSSR count). The van der Waals surface area contributed by atoms with Gasteiger partial charge in [0, 0.05) is 6.20 Å². The molecule has 0 saturated heterocycles. The van der Waals surface area contributed by atoms with E-state index in [0.717, 1.165) is 0 Å². The van der Waals surface area contributed by atoms with Gasteiger partial charge in [-0.05, 0) is 12.1 Å². The summed E-state index contributed by atoms with van der Waals surface area (Å²) < 4.78 is 0. The van der Waals surface area contributed by atoms with Crippen molar-refractivity contribution in [2.24, 2.45) is 5.73 Å². The Kier molecular flexibility index (Phi) is 1.83. The summed E-state index contributed by atoms with van der Waals surface area (Å²) in [5.74, 6) is -0.123. The minimum Gasteiger partial charge on any atom is -0.382 e. The Bertz CT molecular complexity index is 323. The molecule has 1 heterocycles. The molecule has 0 bridgehead atoms. The summed E-state index contributed by atoms with van der Waals surface area (Å²) in [4.78, 5) is 3.79. The van der Waals surface area contributed by atoms with Crippen LogP contribution in [0.1, 0.15) is 11.3 Å². The highest BCUT2D eigenvalue weighted by molar-refractivity contribution is 5.93. The molecule has 0 aliphatic carbocycles. The Morgan fingerprint density at radius 1 is 1.73 bits per heavy atom. The average Bonchev–Trinajstić information content (AvgIpc) is 2.05. The zero-order chi connectivity index (χ0) is 8.27. The van der Waals surface area contributed by atoms with Crippen LogP contribution in [0.5, 0.6) is 0 Å². The van der Waals surface area contributed by atoms with Crippen LogP contribution in [0.3, 0.4) is 0 Å². The molecule has 0 radical (unpaired) electrons. The summed E-state index contributed by atoms with van der Waals surface area (Å²) in [6, 6.07) is 4.97. The lowest BCUT2D eigenvalue weighted by Gasteiger charge is -1.94. The van der Waals surface area contributed by atoms with E-state index in [1.807, 2.05) is 6.07 Å². The third kappa shape index (κ3) is 1.52. The highest BCUT2D eigenvalue weighted by atomic mass is 14.8. The van der Waals surface area contributed by atoms with Crippen molar-refractivity contribution in [3.8, 4) is 6.07 Å². The Morgan fingerprint density at radius 3 is 3.00 bits per heavy atom. The van der Waals surface area contributed by atoms with E-state index in [0.29, 0.717) is 11.3 Å². The van der Waals surface area contributed by atoms with Crippen molar-refractivity contribution in [1.82, 2.24) is 4.98 Å². The summed E-state index contributed by atoms with van der Waals surface area (Å²) in [6.07, 6.45) is 1.45. The number of aromatic nitrogens is 1. The highest BCUT2D eigenvalue weighted by Gasteiger charge is 1.97. The second kappa shape index (κ2) is 2.80. The molecule has 0 atom stereocenters. The number of rotatable bonds is 1. The van der Waals surface area contributed by atoms with Gasteiger partial charge < -0.3 is 5.73 Å². The lowest BCUT2D eigenvalue weighted by atomic mass is 10.2. The summed E-state index contributed by atoms with van der Waals surface area (Å²) in [5.41, 5.74) is 5.95. The molecule has 0 aliphatic rings. The molecule has 1 aromatic heterocycles. The highest BCUT2D eigenvalue weighted by Crippen LogP contribution is 1.98. The molecule has 54 valence electrons. The number of nitrogen functional groups attached to an aromatic ring is 1. The number of pyridine rings is 1. The first-order valence-corrected chi connectivity index (χ1v) is 2.94. The first kappa shape index (κ1) is 7.22. The summed E-state index contributed by atoms with van der Waals surface area (Å²) in [7, 11) is 0. The fourth-order valence-electron chi connectivity index (χ4n) is 0.647. The molecular weight excluding hydrogens is 140 g/mol. The molecule has 11 heavy (non-hydrogen) atoms. The second-order valence-electron chi connectivity index (χ2n) is 1.96. The minimum absolute atomic E-state index is 0.123. The number of amidine groups is 1. The number of nitrogens with zero attached hydrogens (tertiary/aromatic N) is 2. The Hall–Kier alpha value is -1.89. The summed E-state index contributed by atoms with van der Waals surface area (Å²) in [5, 5.41) is 15.5. The standard InChI is InChI=1S/C7H6N4/c8-4-5-1-2-11-6(3-5)7(9)10/h1-3H,(H3,9,10). The smallest absolute Gasteiger partial charge is 0.141 e. The maximum atomic E-state index is 8.45. The predicted molar refractivity (Wildman–Crippen MR) is 40.0 cm³/mol. The zero-order valence-electron chi connectivity index (χ0n) is 5.70. The van der Waals surface area contributed by atoms with Crippen LogP contribution in [-0.4, -0.2) is 10.8 Å². The van der Waals surface area contributed by atoms with E-state index < -0.39 is 0 Å². The third-order valence-electron chi connectivity index (χ3n) is 1.16. The topological polar surface area (TPSA) is 86.5 Å². The van der Waals surface area contributed by atoms with Crippen LogP contribution < -0.4 is 5.73 Å². The number of nitrogens with one attached hydrogen (secondary N) is 1. The maximum absolute atomic E-state index is 8.45. The number of nitrogens with two attached hydrogens (primary N) is 1. The van der Waals surface area contributed by atoms with Crippen LogP contribution in [0.4, 0.5) is 0 Å². The first-order valence-electron chi connectivity index (χ1n) is 2.94. The molecular formula is C7H6N4. The molecule has 4 heteroatoms. The van der Waals surface area contributed by atoms with Gasteiger partial charge in [0.05, 0.1) is 11.6 Å². The van der Waals surface area contributed by atoms with Crippen molar-refractivity contribution >= 4 is 5.84 Å². The lowest BCUT2D eigenvalue weighted by Crippen LogP contribution is -2.12. The predicted octanol–water partition coefficient (Wildman–Crippen LogP) is 0.237. The van der Waals surface area contributed by atoms with Crippen LogP contribution in [0.2, 0.25) is 0 Å². The molecule has 0 amide bonds. The van der Waals surface area contributed by atoms with Crippen LogP contribution in [-0.2, 0) is 0 Å². The van der Waals surface area contributed by atoms with Gasteiger partial charge in [0.2, 0.25) is 0 Å². The number of hydrogen-bond donors (Lipinski definition) is 2. The van der Waals surface area contributed by atoms with Crippen molar-refractivity contribution in [3.63, 3.8) is 0 Å². The Labute approximate surface area is 63.8 Å². The fraction of sp³-hybridized carbons (Fsp3) is 0. The monoisotopic (exact) mass is 146 g/mol. The van der Waals surface area contributed by atoms with Gasteiger partial charge in [-0.1, -0.05) is 0 Å². The Morgan fingerprint density at radius 2 is 2.45 bits per heavy atom. The SMILES string of the molecule is N#Cc1ccnc(C(=N)N)c1. The van der Waals surface area contributed by atoms with Crippen LogP contribution in [0.15, 0.2) is 18.3 Å². The quantitative estimate of drug-likeness (QED) is 0.439. The van der Waals surface area contributed by atoms with E-state index >= 15 is 0 Å². The second-order valence-corrected chi connectivity index (χ2v) is 1.96. The summed E-state index contributed by atoms with van der Waals surface area (Å²) in [6.45, 7) is 0. The molecule has 0 aliphatic heterocycles. The minimum atomic E-state index is -0.123. The normalized spacial score (nSPS) is 8.64. The molecule has 0 spiro atoms. The van der Waals surface area contributed by atoms with E-state index in [1.54, 1.807) is 6.07 Å². The van der Waals surface area contributed by atoms with E-state index in [9.17, 15) is 0 Å². The molecule has 3 N–H and O–H groups in total. The van der Waals surface area contributed by atoms with Gasteiger partial charge in [0.15, 0.2) is 0 Å². The molecule has 0 unspecified atom stereocenters. The van der Waals surface area contributed by atoms with E-state index in [-0.39, 0.29) is 5.84 Å². The molecule has 0 saturated carbocycles. The van der Waals surface area contributed by atoms with Gasteiger partial charge >= 0.3 is 0 Å². The van der Waals surface area contributed by atoms with Crippen LogP contribution in [0, 0.1) is 16.7 Å². The van der Waals surface area contributed by atoms with Crippen molar-refractivity contribution in [3.05, 3.63) is 29.6 Å². The van der Waals surface area contributed by atoms with Gasteiger partial charge in [0.1, 0.15) is 11.5 Å². The number of hydrogen-bond acceptors (Lipinski definition) is 3. The van der Waals surface area contributed by atoms with Crippen LogP contribution >= 0.6 is 0 Å². The lowest BCUT2D eigenvalue weighted by molar-refractivity contribution is 1.24. The molecule has 0 fully saturated rings. The molecule has 0 aromatic carbocycles. The largest absolute Gasteiger partial charge is 0.382 e. The molecule has 1 aromatic rings. The van der Waals surface area contributed by atoms with Crippen LogP contribution in [0.25, 0.3) is 0 Å². The van der Waals surface area contributed by atoms with Gasteiger partial charge in [-0.3, -0.25) is 10.4 Å². The van der Waals surface area contributed by atoms with E-state index in [1.165, 1.54) is 12.3 Å². The van der Waals surface area contributed by atoms with Crippen molar-refractivity contribution < 1.29 is 0 Å². The van der Waals surface area contributed by atoms with Gasteiger partial charge in [-0.15, -0.1) is 0 Å². The molecule has 4 nitrogen and oxygen atoms in total. The average molecular weight is 146 g/mol. The van der Waals surface area contributed by atoms with Crippen molar-refractivity contribution in [2.75, 3.05) is 0 Å². The van der Waals surface area contributed by atoms with Gasteiger partial charge in [0.25, 0.3) is 0 Å².